The molecule has 0 fully saturated rings. The number of hydrogen-bond acceptors (Lipinski definition) is 4. The van der Waals surface area contributed by atoms with Crippen molar-refractivity contribution in [3.8, 4) is 5.69 Å². The number of nitrogens with one attached hydrogen (secondary N) is 2. The van der Waals surface area contributed by atoms with Crippen LogP contribution in [0.3, 0.4) is 0 Å². The van der Waals surface area contributed by atoms with Gasteiger partial charge in [0, 0.05) is 32.6 Å². The minimum Gasteiger partial charge on any atom is -0.455 e. The fourth-order valence-corrected chi connectivity index (χ4v) is 8.11. The van der Waals surface area contributed by atoms with Crippen LogP contribution in [0.1, 0.15) is 23.5 Å². The zero-order valence-electron chi connectivity index (χ0n) is 27.5. The maximum absolute atomic E-state index is 6.74. The van der Waals surface area contributed by atoms with E-state index in [-0.39, 0.29) is 12.3 Å². The zero-order valence-corrected chi connectivity index (χ0v) is 27.5. The molecule has 2 unspecified atom stereocenters. The lowest BCUT2D eigenvalue weighted by Crippen LogP contribution is -2.47. The minimum atomic E-state index is -0.269. The monoisotopic (exact) mass is 657 g/mol. The molecule has 0 saturated heterocycles. The summed E-state index contributed by atoms with van der Waals surface area (Å²) in [6.45, 7) is 0. The maximum Gasteiger partial charge on any atom is 0.206 e. The number of para-hydroxylation sites is 3. The molecular formula is C45H31N5O. The van der Waals surface area contributed by atoms with Crippen molar-refractivity contribution in [2.75, 3.05) is 0 Å². The highest BCUT2D eigenvalue weighted by molar-refractivity contribution is 6.28. The molecule has 0 bridgehead atoms. The second kappa shape index (κ2) is 10.9. The Kier molecular flexibility index (Phi) is 6.05. The van der Waals surface area contributed by atoms with Crippen LogP contribution in [-0.4, -0.2) is 15.1 Å². The van der Waals surface area contributed by atoms with E-state index in [4.69, 9.17) is 9.41 Å². The van der Waals surface area contributed by atoms with E-state index in [0.29, 0.717) is 0 Å². The SMILES string of the molecule is c1ccc(C2N=C(n3c4cc5c(cc4c4c6oc7ccccc7c6ccc43)c3ccccc3n5-c3ccccc3)NC(c3ccccc3)N2)cc1. The Morgan fingerprint density at radius 3 is 1.96 bits per heavy atom. The normalized spacial score (nSPS) is 16.4. The second-order valence-electron chi connectivity index (χ2n) is 13.3. The van der Waals surface area contributed by atoms with Crippen LogP contribution in [0, 0.1) is 0 Å². The van der Waals surface area contributed by atoms with Gasteiger partial charge in [-0.1, -0.05) is 115 Å². The first-order valence-corrected chi connectivity index (χ1v) is 17.4. The lowest BCUT2D eigenvalue weighted by molar-refractivity contribution is 0.403. The molecule has 7 aromatic carbocycles. The van der Waals surface area contributed by atoms with Crippen molar-refractivity contribution < 1.29 is 4.42 Å². The number of furan rings is 1. The molecule has 2 N–H and O–H groups in total. The Hall–Kier alpha value is -6.63. The fourth-order valence-electron chi connectivity index (χ4n) is 8.11. The highest BCUT2D eigenvalue weighted by atomic mass is 16.3. The van der Waals surface area contributed by atoms with Gasteiger partial charge >= 0.3 is 0 Å². The van der Waals surface area contributed by atoms with E-state index < -0.39 is 0 Å². The molecule has 1 aliphatic heterocycles. The molecule has 3 aromatic heterocycles. The second-order valence-corrected chi connectivity index (χ2v) is 13.3. The number of fused-ring (bicyclic) bond motifs is 10. The van der Waals surface area contributed by atoms with Crippen molar-refractivity contribution in [1.29, 1.82) is 0 Å². The molecule has 0 spiro atoms. The van der Waals surface area contributed by atoms with Gasteiger partial charge in [-0.15, -0.1) is 0 Å². The van der Waals surface area contributed by atoms with E-state index in [1.807, 2.05) is 12.1 Å². The summed E-state index contributed by atoms with van der Waals surface area (Å²) in [6, 6.07) is 57.8. The zero-order chi connectivity index (χ0) is 33.5. The largest absolute Gasteiger partial charge is 0.455 e. The van der Waals surface area contributed by atoms with Gasteiger partial charge in [0.25, 0.3) is 0 Å². The van der Waals surface area contributed by atoms with Crippen molar-refractivity contribution in [2.24, 2.45) is 4.99 Å². The average molecular weight is 658 g/mol. The number of hydrogen-bond donors (Lipinski definition) is 2. The molecule has 0 amide bonds. The van der Waals surface area contributed by atoms with Crippen LogP contribution in [0.25, 0.3) is 71.2 Å². The van der Waals surface area contributed by atoms with Crippen LogP contribution in [0.4, 0.5) is 0 Å². The van der Waals surface area contributed by atoms with Gasteiger partial charge in [0.05, 0.1) is 27.5 Å². The summed E-state index contributed by atoms with van der Waals surface area (Å²) in [6.07, 6.45) is -0.444. The van der Waals surface area contributed by atoms with Crippen LogP contribution in [-0.2, 0) is 0 Å². The van der Waals surface area contributed by atoms with Gasteiger partial charge < -0.3 is 14.3 Å². The van der Waals surface area contributed by atoms with Crippen molar-refractivity contribution >= 4 is 71.5 Å². The number of rotatable bonds is 3. The summed E-state index contributed by atoms with van der Waals surface area (Å²) in [7, 11) is 0. The molecule has 0 radical (unpaired) electrons. The Morgan fingerprint density at radius 2 is 1.16 bits per heavy atom. The van der Waals surface area contributed by atoms with Gasteiger partial charge in [0.1, 0.15) is 23.5 Å². The lowest BCUT2D eigenvalue weighted by Gasteiger charge is -2.32. The predicted molar refractivity (Wildman–Crippen MR) is 209 cm³/mol. The Balaban J connectivity index is 1.27. The molecule has 242 valence electrons. The quantitative estimate of drug-likeness (QED) is 0.199. The van der Waals surface area contributed by atoms with E-state index in [0.717, 1.165) is 72.0 Å². The summed E-state index contributed by atoms with van der Waals surface area (Å²) in [5, 5.41) is 14.4. The third kappa shape index (κ3) is 4.24. The topological polar surface area (TPSA) is 59.4 Å². The van der Waals surface area contributed by atoms with Gasteiger partial charge in [-0.25, -0.2) is 4.99 Å². The van der Waals surface area contributed by atoms with Gasteiger partial charge in [0.15, 0.2) is 0 Å². The number of nitrogens with zero attached hydrogens (tertiary/aromatic N) is 3. The summed E-state index contributed by atoms with van der Waals surface area (Å²) in [4.78, 5) is 5.42. The first kappa shape index (κ1) is 28.2. The van der Waals surface area contributed by atoms with E-state index in [1.165, 1.54) is 16.3 Å². The van der Waals surface area contributed by atoms with Crippen LogP contribution in [0.2, 0.25) is 0 Å². The summed E-state index contributed by atoms with van der Waals surface area (Å²) >= 11 is 0. The number of aromatic nitrogens is 2. The fraction of sp³-hybridized carbons (Fsp3) is 0.0444. The Morgan fingerprint density at radius 1 is 0.490 bits per heavy atom. The lowest BCUT2D eigenvalue weighted by atomic mass is 10.1. The third-order valence-corrected chi connectivity index (χ3v) is 10.4. The van der Waals surface area contributed by atoms with E-state index >= 15 is 0 Å². The van der Waals surface area contributed by atoms with Crippen LogP contribution < -0.4 is 10.6 Å². The summed E-state index contributed by atoms with van der Waals surface area (Å²) in [5.41, 5.74) is 9.52. The Labute approximate surface area is 292 Å². The third-order valence-electron chi connectivity index (χ3n) is 10.4. The molecule has 2 atom stereocenters. The van der Waals surface area contributed by atoms with Crippen molar-refractivity contribution in [3.63, 3.8) is 0 Å². The van der Waals surface area contributed by atoms with E-state index in [1.54, 1.807) is 0 Å². The average Bonchev–Trinajstić information content (AvgIpc) is 3.85. The number of benzene rings is 7. The van der Waals surface area contributed by atoms with Crippen LogP contribution >= 0.6 is 0 Å². The van der Waals surface area contributed by atoms with Crippen LogP contribution in [0.15, 0.2) is 173 Å². The van der Waals surface area contributed by atoms with Gasteiger partial charge in [-0.3, -0.25) is 9.88 Å². The Bertz CT molecular complexity index is 2970. The molecule has 11 rings (SSSR count). The van der Waals surface area contributed by atoms with Crippen molar-refractivity contribution in [3.05, 3.63) is 175 Å². The first-order valence-electron chi connectivity index (χ1n) is 17.4. The standard InChI is InChI=1S/C45H31N5O/c1-4-14-28(15-5-1)43-46-44(29-16-6-2-7-17-29)48-45(47-43)50-37-25-24-33-32-21-11-13-23-40(32)51-42(33)41(37)35-26-34-31-20-10-12-22-36(31)49(38(34)27-39(35)50)30-18-8-3-9-19-30/h1-27,43-44,46H,(H,47,48). The predicted octanol–water partition coefficient (Wildman–Crippen LogP) is 10.6. The number of aliphatic imine (C=N–C) groups is 1. The molecule has 6 heteroatoms. The van der Waals surface area contributed by atoms with Crippen LogP contribution in [0.5, 0.6) is 0 Å². The van der Waals surface area contributed by atoms with Gasteiger partial charge in [-0.2, -0.15) is 0 Å². The van der Waals surface area contributed by atoms with E-state index in [2.05, 4.69) is 171 Å². The molecule has 1 aliphatic rings. The molecule has 0 saturated carbocycles. The van der Waals surface area contributed by atoms with Crippen molar-refractivity contribution in [2.45, 2.75) is 12.3 Å². The summed E-state index contributed by atoms with van der Waals surface area (Å²) < 4.78 is 11.4. The van der Waals surface area contributed by atoms with Gasteiger partial charge in [-0.05, 0) is 59.7 Å². The highest BCUT2D eigenvalue weighted by Gasteiger charge is 2.29. The summed E-state index contributed by atoms with van der Waals surface area (Å²) in [5.74, 6) is 0.772. The molecule has 0 aliphatic carbocycles. The van der Waals surface area contributed by atoms with Gasteiger partial charge in [0.2, 0.25) is 5.96 Å². The minimum absolute atomic E-state index is 0.175. The molecular weight excluding hydrogens is 627 g/mol. The highest BCUT2D eigenvalue weighted by Crippen LogP contribution is 2.43. The smallest absolute Gasteiger partial charge is 0.206 e. The molecule has 4 heterocycles. The van der Waals surface area contributed by atoms with E-state index in [9.17, 15) is 0 Å². The maximum atomic E-state index is 6.74. The molecule has 10 aromatic rings. The van der Waals surface area contributed by atoms with Crippen molar-refractivity contribution in [1.82, 2.24) is 19.8 Å². The molecule has 51 heavy (non-hydrogen) atoms. The molecule has 6 nitrogen and oxygen atoms in total. The first-order chi connectivity index (χ1) is 25.3.